The van der Waals surface area contributed by atoms with Crippen LogP contribution in [0.1, 0.15) is 0 Å². The molecule has 0 radical (unpaired) electrons. The second-order valence-electron chi connectivity index (χ2n) is 4.57. The van der Waals surface area contributed by atoms with Crippen LogP contribution in [0.2, 0.25) is 0 Å². The fourth-order valence-corrected chi connectivity index (χ4v) is 2.51. The summed E-state index contributed by atoms with van der Waals surface area (Å²) in [5.74, 6) is 0. The first-order chi connectivity index (χ1) is 9.89. The number of nitrogens with zero attached hydrogens (tertiary/aromatic N) is 1. The topological polar surface area (TPSA) is 93.9 Å². The number of rotatable bonds is 9. The summed E-state index contributed by atoms with van der Waals surface area (Å²) >= 11 is 0. The van der Waals surface area contributed by atoms with Gasteiger partial charge in [-0.05, 0) is 18.2 Å². The molecule has 1 rings (SSSR count). The van der Waals surface area contributed by atoms with E-state index < -0.39 is 10.0 Å². The largest absolute Gasteiger partial charge is 0.397 e. The smallest absolute Gasteiger partial charge is 0.242 e. The molecule has 0 aliphatic rings. The summed E-state index contributed by atoms with van der Waals surface area (Å²) in [4.78, 5) is 0.173. The van der Waals surface area contributed by atoms with Gasteiger partial charge in [0.25, 0.3) is 0 Å². The monoisotopic (exact) mass is 317 g/mol. The molecule has 0 unspecified atom stereocenters. The van der Waals surface area contributed by atoms with Crippen LogP contribution in [0.15, 0.2) is 23.1 Å². The number of anilines is 2. The van der Waals surface area contributed by atoms with E-state index in [1.54, 1.807) is 13.2 Å². The molecule has 3 N–H and O–H groups in total. The van der Waals surface area contributed by atoms with Gasteiger partial charge in [-0.3, -0.25) is 0 Å². The lowest BCUT2D eigenvalue weighted by Gasteiger charge is -2.14. The highest BCUT2D eigenvalue weighted by atomic mass is 32.2. The molecule has 21 heavy (non-hydrogen) atoms. The van der Waals surface area contributed by atoms with Gasteiger partial charge in [-0.15, -0.1) is 0 Å². The zero-order chi connectivity index (χ0) is 15.9. The van der Waals surface area contributed by atoms with Crippen LogP contribution in [0.25, 0.3) is 0 Å². The minimum atomic E-state index is -3.46. The van der Waals surface area contributed by atoms with Crippen LogP contribution in [0, 0.1) is 0 Å². The van der Waals surface area contributed by atoms with Crippen LogP contribution in [-0.2, 0) is 19.5 Å². The summed E-state index contributed by atoms with van der Waals surface area (Å²) in [5, 5.41) is 3.10. The van der Waals surface area contributed by atoms with Crippen LogP contribution in [0.3, 0.4) is 0 Å². The van der Waals surface area contributed by atoms with Crippen molar-refractivity contribution in [2.75, 3.05) is 58.6 Å². The van der Waals surface area contributed by atoms with E-state index in [0.29, 0.717) is 37.7 Å². The van der Waals surface area contributed by atoms with Gasteiger partial charge in [-0.25, -0.2) is 12.7 Å². The zero-order valence-electron chi connectivity index (χ0n) is 12.6. The standard InChI is InChI=1S/C13H23N3O4S/c1-16(2)21(17,18)11-4-5-13(12(14)10-11)15-6-7-20-9-8-19-3/h4-5,10,15H,6-9,14H2,1-3H3. The molecular weight excluding hydrogens is 294 g/mol. The maximum atomic E-state index is 12.0. The van der Waals surface area contributed by atoms with Crippen molar-refractivity contribution < 1.29 is 17.9 Å². The summed E-state index contributed by atoms with van der Waals surface area (Å²) in [6.07, 6.45) is 0. The normalized spacial score (nSPS) is 11.8. The Hall–Kier alpha value is -1.35. The fourth-order valence-electron chi connectivity index (χ4n) is 1.58. The zero-order valence-corrected chi connectivity index (χ0v) is 13.4. The summed E-state index contributed by atoms with van der Waals surface area (Å²) in [7, 11) is 1.11. The van der Waals surface area contributed by atoms with Crippen molar-refractivity contribution in [2.45, 2.75) is 4.90 Å². The third-order valence-corrected chi connectivity index (χ3v) is 4.61. The first kappa shape index (κ1) is 17.7. The van der Waals surface area contributed by atoms with E-state index in [1.807, 2.05) is 0 Å². The molecule has 0 amide bonds. The molecule has 7 nitrogen and oxygen atoms in total. The van der Waals surface area contributed by atoms with Crippen molar-refractivity contribution in [3.63, 3.8) is 0 Å². The molecule has 0 spiro atoms. The van der Waals surface area contributed by atoms with Gasteiger partial charge in [0.2, 0.25) is 10.0 Å². The maximum absolute atomic E-state index is 12.0. The van der Waals surface area contributed by atoms with Gasteiger partial charge in [0.1, 0.15) is 0 Å². The Bertz CT molecular complexity index is 546. The Morgan fingerprint density at radius 2 is 1.95 bits per heavy atom. The van der Waals surface area contributed by atoms with Gasteiger partial charge in [0, 0.05) is 27.7 Å². The highest BCUT2D eigenvalue weighted by molar-refractivity contribution is 7.89. The lowest BCUT2D eigenvalue weighted by atomic mass is 10.2. The van der Waals surface area contributed by atoms with Crippen molar-refractivity contribution in [3.8, 4) is 0 Å². The maximum Gasteiger partial charge on any atom is 0.242 e. The average Bonchev–Trinajstić information content (AvgIpc) is 2.43. The molecule has 0 heterocycles. The van der Waals surface area contributed by atoms with E-state index in [1.165, 1.54) is 26.2 Å². The van der Waals surface area contributed by atoms with Crippen LogP contribution in [0.5, 0.6) is 0 Å². The van der Waals surface area contributed by atoms with Crippen LogP contribution in [-0.4, -0.2) is 60.3 Å². The fraction of sp³-hybridized carbons (Fsp3) is 0.538. The summed E-state index contributed by atoms with van der Waals surface area (Å²) in [6, 6.07) is 4.63. The number of nitrogen functional groups attached to an aromatic ring is 1. The molecule has 0 aromatic heterocycles. The van der Waals surface area contributed by atoms with Crippen molar-refractivity contribution in [2.24, 2.45) is 0 Å². The molecular formula is C13H23N3O4S. The Morgan fingerprint density at radius 3 is 2.52 bits per heavy atom. The Kier molecular flexibility index (Phi) is 6.90. The molecule has 8 heteroatoms. The molecule has 0 aliphatic heterocycles. The van der Waals surface area contributed by atoms with Gasteiger partial charge < -0.3 is 20.5 Å². The van der Waals surface area contributed by atoms with Crippen LogP contribution >= 0.6 is 0 Å². The summed E-state index contributed by atoms with van der Waals surface area (Å²) < 4.78 is 35.3. The van der Waals surface area contributed by atoms with E-state index in [4.69, 9.17) is 15.2 Å². The number of methoxy groups -OCH3 is 1. The highest BCUT2D eigenvalue weighted by Crippen LogP contribution is 2.23. The first-order valence-corrected chi connectivity index (χ1v) is 7.96. The van der Waals surface area contributed by atoms with E-state index in [2.05, 4.69) is 5.32 Å². The van der Waals surface area contributed by atoms with E-state index >= 15 is 0 Å². The Balaban J connectivity index is 2.59. The molecule has 0 bridgehead atoms. The van der Waals surface area contributed by atoms with E-state index in [9.17, 15) is 8.42 Å². The third-order valence-electron chi connectivity index (χ3n) is 2.80. The molecule has 0 saturated carbocycles. The minimum Gasteiger partial charge on any atom is -0.397 e. The van der Waals surface area contributed by atoms with Gasteiger partial charge in [-0.1, -0.05) is 0 Å². The summed E-state index contributed by atoms with van der Waals surface area (Å²) in [6.45, 7) is 2.18. The van der Waals surface area contributed by atoms with Crippen molar-refractivity contribution >= 4 is 21.4 Å². The number of sulfonamides is 1. The third kappa shape index (κ3) is 5.16. The second kappa shape index (κ2) is 8.18. The van der Waals surface area contributed by atoms with Crippen molar-refractivity contribution in [1.29, 1.82) is 0 Å². The van der Waals surface area contributed by atoms with E-state index in [0.717, 1.165) is 4.31 Å². The lowest BCUT2D eigenvalue weighted by Crippen LogP contribution is -2.22. The SMILES string of the molecule is COCCOCCNc1ccc(S(=O)(=O)N(C)C)cc1N. The van der Waals surface area contributed by atoms with E-state index in [-0.39, 0.29) is 4.90 Å². The van der Waals surface area contributed by atoms with Crippen molar-refractivity contribution in [1.82, 2.24) is 4.31 Å². The predicted octanol–water partition coefficient (Wildman–Crippen LogP) is 0.594. The number of nitrogens with two attached hydrogens (primary N) is 1. The second-order valence-corrected chi connectivity index (χ2v) is 6.72. The number of benzene rings is 1. The molecule has 0 atom stereocenters. The molecule has 0 saturated heterocycles. The summed E-state index contributed by atoms with van der Waals surface area (Å²) in [5.41, 5.74) is 6.94. The number of hydrogen-bond donors (Lipinski definition) is 2. The highest BCUT2D eigenvalue weighted by Gasteiger charge is 2.17. The number of hydrogen-bond acceptors (Lipinski definition) is 6. The number of nitrogens with one attached hydrogen (secondary N) is 1. The quantitative estimate of drug-likeness (QED) is 0.511. The van der Waals surface area contributed by atoms with Gasteiger partial charge in [0.05, 0.1) is 36.1 Å². The molecule has 1 aromatic rings. The molecule has 0 aliphatic carbocycles. The average molecular weight is 317 g/mol. The van der Waals surface area contributed by atoms with Crippen LogP contribution in [0.4, 0.5) is 11.4 Å². The number of ether oxygens (including phenoxy) is 2. The molecule has 120 valence electrons. The minimum absolute atomic E-state index is 0.173. The predicted molar refractivity (Wildman–Crippen MR) is 82.9 cm³/mol. The van der Waals surface area contributed by atoms with Gasteiger partial charge in [-0.2, -0.15) is 0 Å². The van der Waals surface area contributed by atoms with Gasteiger partial charge in [0.15, 0.2) is 0 Å². The Labute approximate surface area is 126 Å². The lowest BCUT2D eigenvalue weighted by molar-refractivity contribution is 0.0759. The molecule has 0 fully saturated rings. The first-order valence-electron chi connectivity index (χ1n) is 6.52. The van der Waals surface area contributed by atoms with Crippen LogP contribution < -0.4 is 11.1 Å². The Morgan fingerprint density at radius 1 is 1.24 bits per heavy atom. The van der Waals surface area contributed by atoms with Crippen molar-refractivity contribution in [3.05, 3.63) is 18.2 Å². The van der Waals surface area contributed by atoms with Gasteiger partial charge >= 0.3 is 0 Å². The molecule has 1 aromatic carbocycles.